The molecule has 0 saturated carbocycles. The predicted molar refractivity (Wildman–Crippen MR) is 57.9 cm³/mol. The van der Waals surface area contributed by atoms with Gasteiger partial charge in [-0.1, -0.05) is 34.1 Å². The number of carbonyl (C=O) groups is 2. The summed E-state index contributed by atoms with van der Waals surface area (Å²) in [6.07, 6.45) is 1.47. The van der Waals surface area contributed by atoms with Gasteiger partial charge in [-0.15, -0.1) is 0 Å². The Bertz CT molecular complexity index is 160. The molecule has 0 aliphatic carbocycles. The van der Waals surface area contributed by atoms with E-state index < -0.39 is 5.25 Å². The maximum absolute atomic E-state index is 10.4. The van der Waals surface area contributed by atoms with Crippen LogP contribution < -0.4 is 5.32 Å². The molecule has 0 radical (unpaired) electrons. The van der Waals surface area contributed by atoms with E-state index >= 15 is 0 Å². The minimum absolute atomic E-state index is 0.224. The molecule has 0 aromatic carbocycles. The Balaban J connectivity index is 0. The van der Waals surface area contributed by atoms with E-state index in [-0.39, 0.29) is 18.2 Å². The average molecular weight is 205 g/mol. The van der Waals surface area contributed by atoms with Crippen molar-refractivity contribution >= 4 is 24.4 Å². The zero-order valence-corrected chi connectivity index (χ0v) is 9.65. The first-order valence-electron chi connectivity index (χ1n) is 4.63. The molecule has 0 aromatic heterocycles. The lowest BCUT2D eigenvalue weighted by Crippen LogP contribution is -2.21. The first-order chi connectivity index (χ1) is 6.11. The predicted octanol–water partition coefficient (Wildman–Crippen LogP) is 1.77. The standard InChI is InChI=1S/C4H5NO2S.C3H8.C2H6/c6-3-1-2(8)4(7)5-3;1-3-2;1-2/h2,8H,1H2,(H,5,6,7);3H2,1-2H3;1-2H3. The lowest BCUT2D eigenvalue weighted by atomic mass is 10.4. The summed E-state index contributed by atoms with van der Waals surface area (Å²) in [7, 11) is 0. The molecule has 1 atom stereocenters. The summed E-state index contributed by atoms with van der Waals surface area (Å²) in [5, 5.41) is 1.70. The van der Waals surface area contributed by atoms with Crippen LogP contribution in [0.2, 0.25) is 0 Å². The average Bonchev–Trinajstić information content (AvgIpc) is 2.35. The van der Waals surface area contributed by atoms with Crippen LogP contribution in [0.15, 0.2) is 0 Å². The third kappa shape index (κ3) is 7.84. The normalized spacial score (nSPS) is 19.3. The molecule has 1 fully saturated rings. The van der Waals surface area contributed by atoms with Crippen molar-refractivity contribution in [3.63, 3.8) is 0 Å². The maximum atomic E-state index is 10.4. The molecule has 1 saturated heterocycles. The highest BCUT2D eigenvalue weighted by atomic mass is 32.1. The van der Waals surface area contributed by atoms with E-state index in [0.29, 0.717) is 0 Å². The maximum Gasteiger partial charge on any atom is 0.239 e. The molecule has 2 amide bonds. The second-order valence-electron chi connectivity index (χ2n) is 2.34. The third-order valence-electron chi connectivity index (χ3n) is 0.944. The number of nitrogens with one attached hydrogen (secondary N) is 1. The zero-order valence-electron chi connectivity index (χ0n) is 8.76. The van der Waals surface area contributed by atoms with E-state index in [1.165, 1.54) is 6.42 Å². The first-order valence-corrected chi connectivity index (χ1v) is 5.15. The summed E-state index contributed by atoms with van der Waals surface area (Å²) in [4.78, 5) is 20.7. The molecule has 1 aliphatic heterocycles. The summed E-state index contributed by atoms with van der Waals surface area (Å²) in [6, 6.07) is 0. The number of thiol groups is 1. The van der Waals surface area contributed by atoms with Crippen LogP contribution in [0.5, 0.6) is 0 Å². The van der Waals surface area contributed by atoms with Crippen LogP contribution in [-0.4, -0.2) is 17.1 Å². The first kappa shape index (κ1) is 15.0. The summed E-state index contributed by atoms with van der Waals surface area (Å²) >= 11 is 3.81. The fourth-order valence-corrected chi connectivity index (χ4v) is 0.770. The number of hydrogen-bond donors (Lipinski definition) is 2. The minimum Gasteiger partial charge on any atom is -0.295 e. The van der Waals surface area contributed by atoms with Gasteiger partial charge in [-0.2, -0.15) is 12.6 Å². The Kier molecular flexibility index (Phi) is 11.0. The van der Waals surface area contributed by atoms with Crippen molar-refractivity contribution in [1.82, 2.24) is 5.32 Å². The highest BCUT2D eigenvalue weighted by molar-refractivity contribution is 7.81. The molecule has 4 heteroatoms. The molecular weight excluding hydrogens is 186 g/mol. The molecule has 3 nitrogen and oxygen atoms in total. The van der Waals surface area contributed by atoms with Crippen LogP contribution in [0, 0.1) is 0 Å². The van der Waals surface area contributed by atoms with E-state index in [0.717, 1.165) is 0 Å². The van der Waals surface area contributed by atoms with E-state index in [2.05, 4.69) is 31.8 Å². The van der Waals surface area contributed by atoms with Gasteiger partial charge in [-0.3, -0.25) is 14.9 Å². The highest BCUT2D eigenvalue weighted by Crippen LogP contribution is 2.06. The molecule has 1 N–H and O–H groups in total. The number of rotatable bonds is 0. The van der Waals surface area contributed by atoms with E-state index in [1.807, 2.05) is 13.8 Å². The minimum atomic E-state index is -0.414. The monoisotopic (exact) mass is 205 g/mol. The summed E-state index contributed by atoms with van der Waals surface area (Å²) in [5.74, 6) is -0.506. The van der Waals surface area contributed by atoms with Crippen molar-refractivity contribution in [2.24, 2.45) is 0 Å². The van der Waals surface area contributed by atoms with Crippen molar-refractivity contribution in [2.75, 3.05) is 0 Å². The van der Waals surface area contributed by atoms with Crippen molar-refractivity contribution in [2.45, 2.75) is 45.8 Å². The number of hydrogen-bond acceptors (Lipinski definition) is 3. The topological polar surface area (TPSA) is 46.2 Å². The number of imide groups is 1. The van der Waals surface area contributed by atoms with Gasteiger partial charge in [0, 0.05) is 6.42 Å². The van der Waals surface area contributed by atoms with Gasteiger partial charge in [0.05, 0.1) is 5.25 Å². The van der Waals surface area contributed by atoms with Gasteiger partial charge >= 0.3 is 0 Å². The molecule has 1 heterocycles. The molecule has 1 rings (SSSR count). The Morgan fingerprint density at radius 2 is 1.77 bits per heavy atom. The Hall–Kier alpha value is -0.510. The smallest absolute Gasteiger partial charge is 0.239 e. The number of amides is 2. The Labute approximate surface area is 85.7 Å². The third-order valence-corrected chi connectivity index (χ3v) is 1.36. The van der Waals surface area contributed by atoms with Crippen LogP contribution in [0.25, 0.3) is 0 Å². The van der Waals surface area contributed by atoms with Gasteiger partial charge in [-0.05, 0) is 0 Å². The Morgan fingerprint density at radius 3 is 1.85 bits per heavy atom. The molecule has 78 valence electrons. The van der Waals surface area contributed by atoms with E-state index in [9.17, 15) is 9.59 Å². The van der Waals surface area contributed by atoms with Crippen molar-refractivity contribution in [1.29, 1.82) is 0 Å². The lowest BCUT2D eigenvalue weighted by molar-refractivity contribution is -0.124. The van der Waals surface area contributed by atoms with Crippen LogP contribution >= 0.6 is 12.6 Å². The SMILES string of the molecule is CC.CCC.O=C1CC(S)C(=O)N1. The van der Waals surface area contributed by atoms with Gasteiger partial charge in [0.25, 0.3) is 0 Å². The molecular formula is C9H19NO2S. The van der Waals surface area contributed by atoms with Gasteiger partial charge in [0.15, 0.2) is 0 Å². The summed E-state index contributed by atoms with van der Waals surface area (Å²) < 4.78 is 0. The van der Waals surface area contributed by atoms with Crippen LogP contribution in [0.3, 0.4) is 0 Å². The largest absolute Gasteiger partial charge is 0.295 e. The summed E-state index contributed by atoms with van der Waals surface area (Å²) in [5.41, 5.74) is 0. The second kappa shape index (κ2) is 9.58. The van der Waals surface area contributed by atoms with Crippen molar-refractivity contribution < 1.29 is 9.59 Å². The zero-order chi connectivity index (χ0) is 10.9. The molecule has 13 heavy (non-hydrogen) atoms. The van der Waals surface area contributed by atoms with Gasteiger partial charge in [0.2, 0.25) is 11.8 Å². The van der Waals surface area contributed by atoms with E-state index in [4.69, 9.17) is 0 Å². The lowest BCUT2D eigenvalue weighted by Gasteiger charge is -1.87. The van der Waals surface area contributed by atoms with Crippen LogP contribution in [0.4, 0.5) is 0 Å². The van der Waals surface area contributed by atoms with E-state index in [1.54, 1.807) is 0 Å². The van der Waals surface area contributed by atoms with Crippen LogP contribution in [-0.2, 0) is 9.59 Å². The fourth-order valence-electron chi connectivity index (χ4n) is 0.540. The molecule has 1 unspecified atom stereocenters. The van der Waals surface area contributed by atoms with Gasteiger partial charge in [-0.25, -0.2) is 0 Å². The number of carbonyl (C=O) groups excluding carboxylic acids is 2. The Morgan fingerprint density at radius 1 is 1.38 bits per heavy atom. The van der Waals surface area contributed by atoms with Gasteiger partial charge in [0.1, 0.15) is 0 Å². The fraction of sp³-hybridized carbons (Fsp3) is 0.778. The molecule has 0 spiro atoms. The van der Waals surface area contributed by atoms with Crippen molar-refractivity contribution in [3.05, 3.63) is 0 Å². The molecule has 1 aliphatic rings. The second-order valence-corrected chi connectivity index (χ2v) is 2.96. The quantitative estimate of drug-likeness (QED) is 0.468. The van der Waals surface area contributed by atoms with Gasteiger partial charge < -0.3 is 0 Å². The highest BCUT2D eigenvalue weighted by Gasteiger charge is 2.26. The molecule has 0 bridgehead atoms. The summed E-state index contributed by atoms with van der Waals surface area (Å²) in [6.45, 7) is 8.25. The molecule has 0 aromatic rings. The van der Waals surface area contributed by atoms with Crippen molar-refractivity contribution in [3.8, 4) is 0 Å². The van der Waals surface area contributed by atoms with Crippen LogP contribution in [0.1, 0.15) is 40.5 Å².